The Labute approximate surface area is 638 Å². The molecule has 15 aromatic carbocycles. The van der Waals surface area contributed by atoms with Gasteiger partial charge in [0.25, 0.3) is 0 Å². The van der Waals surface area contributed by atoms with Crippen LogP contribution in [0.4, 0.5) is 0 Å². The lowest BCUT2D eigenvalue weighted by atomic mass is 9.61. The van der Waals surface area contributed by atoms with E-state index in [-0.39, 0.29) is 11.8 Å². The normalized spacial score (nSPS) is 16.0. The zero-order chi connectivity index (χ0) is 72.4. The molecule has 0 bridgehead atoms. The van der Waals surface area contributed by atoms with Crippen LogP contribution in [0, 0.1) is 5.92 Å². The number of aromatic nitrogens is 4. The van der Waals surface area contributed by atoms with Crippen molar-refractivity contribution in [3.05, 3.63) is 433 Å². The van der Waals surface area contributed by atoms with E-state index in [2.05, 4.69) is 352 Å². The van der Waals surface area contributed by atoms with Gasteiger partial charge >= 0.3 is 0 Å². The Morgan fingerprint density at radius 2 is 0.645 bits per heavy atom. The Morgan fingerprint density at radius 1 is 0.236 bits per heavy atom. The lowest BCUT2D eigenvalue weighted by Crippen LogP contribution is -2.37. The van der Waals surface area contributed by atoms with Crippen molar-refractivity contribution in [2.45, 2.75) is 16.7 Å². The minimum atomic E-state index is -0.552. The summed E-state index contributed by atoms with van der Waals surface area (Å²) in [7, 11) is 0. The van der Waals surface area contributed by atoms with Gasteiger partial charge in [-0.1, -0.05) is 352 Å². The molecule has 0 N–H and O–H groups in total. The molecule has 3 aliphatic carbocycles. The average molecular weight is 1400 g/mol. The van der Waals surface area contributed by atoms with Crippen molar-refractivity contribution in [2.24, 2.45) is 5.92 Å². The Hall–Kier alpha value is -14.2. The van der Waals surface area contributed by atoms with Gasteiger partial charge in [0.05, 0.1) is 33.6 Å². The van der Waals surface area contributed by atoms with Gasteiger partial charge in [0.2, 0.25) is 0 Å². The molecular weight excluding hydrogens is 1340 g/mol. The molecule has 5 aliphatic rings. The third-order valence-electron chi connectivity index (χ3n) is 23.6. The number of ether oxygens (including phenoxy) is 2. The summed E-state index contributed by atoms with van der Waals surface area (Å²) in [5, 5.41) is 2.36. The van der Waals surface area contributed by atoms with Gasteiger partial charge in [-0.25, -0.2) is 19.9 Å². The Balaban J connectivity index is 0.577. The highest BCUT2D eigenvalue weighted by molar-refractivity contribution is 5.92. The van der Waals surface area contributed by atoms with Crippen LogP contribution in [0.25, 0.3) is 134 Å². The minimum Gasteiger partial charge on any atom is -0.456 e. The van der Waals surface area contributed by atoms with E-state index in [0.29, 0.717) is 11.6 Å². The lowest BCUT2D eigenvalue weighted by molar-refractivity contribution is 0.375. The van der Waals surface area contributed by atoms with Crippen LogP contribution in [0.1, 0.15) is 50.4 Å². The van der Waals surface area contributed by atoms with E-state index in [1.54, 1.807) is 0 Å². The third kappa shape index (κ3) is 9.89. The molecule has 110 heavy (non-hydrogen) atoms. The van der Waals surface area contributed by atoms with E-state index in [1.807, 2.05) is 36.4 Å². The molecule has 6 nitrogen and oxygen atoms in total. The first-order chi connectivity index (χ1) is 54.5. The summed E-state index contributed by atoms with van der Waals surface area (Å²) in [5.74, 6) is 5.04. The van der Waals surface area contributed by atoms with Crippen LogP contribution in [0.3, 0.4) is 0 Å². The molecule has 17 aromatic rings. The number of fused-ring (bicyclic) bond motifs is 19. The Morgan fingerprint density at radius 3 is 1.25 bits per heavy atom. The van der Waals surface area contributed by atoms with E-state index >= 15 is 0 Å². The van der Waals surface area contributed by atoms with Crippen LogP contribution in [-0.4, -0.2) is 19.9 Å². The first-order valence-corrected chi connectivity index (χ1v) is 37.8. The average Bonchev–Trinajstić information content (AvgIpc) is 1.50. The maximum Gasteiger partial charge on any atom is 0.160 e. The maximum atomic E-state index is 7.24. The van der Waals surface area contributed by atoms with Crippen molar-refractivity contribution in [3.8, 4) is 146 Å². The van der Waals surface area contributed by atoms with E-state index in [4.69, 9.17) is 29.4 Å². The van der Waals surface area contributed by atoms with Gasteiger partial charge in [-0.3, -0.25) is 0 Å². The fourth-order valence-corrected chi connectivity index (χ4v) is 18.6. The van der Waals surface area contributed by atoms with Crippen molar-refractivity contribution in [2.75, 3.05) is 0 Å². The number of nitrogens with zero attached hydrogens (tertiary/aromatic N) is 4. The number of rotatable bonds is 10. The van der Waals surface area contributed by atoms with Gasteiger partial charge in [0, 0.05) is 78.6 Å². The number of hydrogen-bond donors (Lipinski definition) is 0. The predicted molar refractivity (Wildman–Crippen MR) is 444 cm³/mol. The standard InChI is InChI=1S/C104H66N4O2/c1-3-23-72(24-4-1)101-105-93(63-94(106-101)70-53-47-67(48-54-70)79-33-20-40-91-99(79)109-97-42-17-15-38-89(97)103(91)85-35-12-9-30-81(85)82-31-10-13-36-86(82)103)69-51-44-66(45-52-69)75-28-19-29-76(60-75)77-58-59-88-84(62-77)83-32-11-14-37-87(83)104(88)90-39-16-18-43-98(90)110-100-80(34-21-41-92(100)104)68-49-55-71(56-50-68)95-64-96(108-102(107-95)73-25-5-2-6-26-73)78-57-46-65-22-7-8-27-74(65)61-78/h1-64,83,87H. The quantitative estimate of drug-likeness (QED) is 0.136. The molecule has 0 saturated carbocycles. The smallest absolute Gasteiger partial charge is 0.160 e. The van der Waals surface area contributed by atoms with Gasteiger partial charge in [-0.2, -0.15) is 0 Å². The van der Waals surface area contributed by atoms with E-state index in [9.17, 15) is 0 Å². The number of hydrogen-bond acceptors (Lipinski definition) is 6. The lowest BCUT2D eigenvalue weighted by Gasteiger charge is -2.43. The van der Waals surface area contributed by atoms with Crippen molar-refractivity contribution in [1.29, 1.82) is 0 Å². The van der Waals surface area contributed by atoms with Crippen LogP contribution < -0.4 is 9.47 Å². The van der Waals surface area contributed by atoms with Gasteiger partial charge in [-0.15, -0.1) is 0 Å². The molecule has 2 aromatic heterocycles. The molecule has 22 rings (SSSR count). The molecule has 6 heteroatoms. The number of para-hydroxylation sites is 4. The van der Waals surface area contributed by atoms with Crippen molar-refractivity contribution >= 4 is 10.8 Å². The second-order valence-electron chi connectivity index (χ2n) is 29.4. The van der Waals surface area contributed by atoms with Crippen LogP contribution >= 0.6 is 0 Å². The van der Waals surface area contributed by atoms with Crippen molar-refractivity contribution in [3.63, 3.8) is 0 Å². The monoisotopic (exact) mass is 1400 g/mol. The van der Waals surface area contributed by atoms with E-state index in [0.717, 1.165) is 135 Å². The molecular formula is C104H66N4O2. The zero-order valence-corrected chi connectivity index (χ0v) is 59.7. The first-order valence-electron chi connectivity index (χ1n) is 37.8. The van der Waals surface area contributed by atoms with Crippen LogP contribution in [-0.2, 0) is 10.8 Å². The Bertz CT molecular complexity index is 6620. The summed E-state index contributed by atoms with van der Waals surface area (Å²) in [6, 6.07) is 131. The topological polar surface area (TPSA) is 70.0 Å². The summed E-state index contributed by atoms with van der Waals surface area (Å²) >= 11 is 0. The van der Waals surface area contributed by atoms with Crippen molar-refractivity contribution < 1.29 is 9.47 Å². The largest absolute Gasteiger partial charge is 0.456 e. The molecule has 0 amide bonds. The van der Waals surface area contributed by atoms with Gasteiger partial charge in [-0.05, 0) is 114 Å². The fraction of sp³-hybridized carbons (Fsp3) is 0.0385. The molecule has 2 spiro atoms. The van der Waals surface area contributed by atoms with Gasteiger partial charge < -0.3 is 9.47 Å². The van der Waals surface area contributed by atoms with Crippen LogP contribution in [0.2, 0.25) is 0 Å². The number of allylic oxidation sites excluding steroid dienone is 4. The molecule has 0 radical (unpaired) electrons. The van der Waals surface area contributed by atoms with Crippen LogP contribution in [0.15, 0.2) is 388 Å². The summed E-state index contributed by atoms with van der Waals surface area (Å²) < 4.78 is 14.3. The predicted octanol–water partition coefficient (Wildman–Crippen LogP) is 25.8. The second-order valence-corrected chi connectivity index (χ2v) is 29.4. The zero-order valence-electron chi connectivity index (χ0n) is 59.7. The minimum absolute atomic E-state index is 0.0809. The summed E-state index contributed by atoms with van der Waals surface area (Å²) in [5.41, 5.74) is 29.3. The fourth-order valence-electron chi connectivity index (χ4n) is 18.6. The van der Waals surface area contributed by atoms with Crippen molar-refractivity contribution in [1.82, 2.24) is 19.9 Å². The molecule has 0 fully saturated rings. The molecule has 3 atom stereocenters. The summed E-state index contributed by atoms with van der Waals surface area (Å²) in [4.78, 5) is 20.9. The maximum absolute atomic E-state index is 7.24. The summed E-state index contributed by atoms with van der Waals surface area (Å²) in [6.45, 7) is 0. The molecule has 2 aliphatic heterocycles. The highest BCUT2D eigenvalue weighted by Crippen LogP contribution is 2.67. The van der Waals surface area contributed by atoms with E-state index in [1.165, 1.54) is 55.3 Å². The van der Waals surface area contributed by atoms with Crippen LogP contribution in [0.5, 0.6) is 23.0 Å². The first kappa shape index (κ1) is 63.1. The third-order valence-corrected chi connectivity index (χ3v) is 23.6. The molecule has 4 heterocycles. The highest BCUT2D eigenvalue weighted by Gasteiger charge is 2.57. The molecule has 514 valence electrons. The molecule has 0 saturated heterocycles. The van der Waals surface area contributed by atoms with Gasteiger partial charge in [0.15, 0.2) is 11.6 Å². The second kappa shape index (κ2) is 25.2. The Kier molecular flexibility index (Phi) is 14.5. The highest BCUT2D eigenvalue weighted by atomic mass is 16.5. The SMILES string of the molecule is C1=CC2c3cc(-c4cccc(-c5ccc(-c6cc(-c7ccc(-c8cccc9c8Oc8ccccc8C98c9ccccc9-c9ccccc98)cc7)nc(-c7ccccc7)n6)cc5)c4)ccc3C3(c4ccccc4Oc4c(-c5ccc(-c6cc(-c7ccc8ccccc8c7)nc(-c7ccccc7)n6)cc5)cccc43)C2C=C1. The van der Waals surface area contributed by atoms with E-state index < -0.39 is 10.8 Å². The number of benzene rings is 15. The summed E-state index contributed by atoms with van der Waals surface area (Å²) in [6.07, 6.45) is 9.33. The molecule has 3 unspecified atom stereocenters. The van der Waals surface area contributed by atoms with Gasteiger partial charge in [0.1, 0.15) is 23.0 Å².